The highest BCUT2D eigenvalue weighted by Crippen LogP contribution is 2.34. The van der Waals surface area contributed by atoms with Gasteiger partial charge in [0.25, 0.3) is 0 Å². The second kappa shape index (κ2) is 8.12. The molecule has 2 rings (SSSR count). The molecule has 4 nitrogen and oxygen atoms in total. The first-order chi connectivity index (χ1) is 11.4. The van der Waals surface area contributed by atoms with E-state index < -0.39 is 17.6 Å². The van der Waals surface area contributed by atoms with Gasteiger partial charge >= 0.3 is 6.18 Å². The Morgan fingerprint density at radius 3 is 2.75 bits per heavy atom. The molecule has 1 aromatic heterocycles. The lowest BCUT2D eigenvalue weighted by Gasteiger charge is -2.16. The normalized spacial score (nSPS) is 12.9. The fourth-order valence-corrected chi connectivity index (χ4v) is 2.22. The Hall–Kier alpha value is -2.12. The van der Waals surface area contributed by atoms with Gasteiger partial charge in [-0.1, -0.05) is 24.3 Å². The fourth-order valence-electron chi connectivity index (χ4n) is 2.22. The highest BCUT2D eigenvalue weighted by molar-refractivity contribution is 5.28. The van der Waals surface area contributed by atoms with Gasteiger partial charge in [0.05, 0.1) is 6.61 Å². The van der Waals surface area contributed by atoms with E-state index in [1.807, 2.05) is 31.2 Å². The van der Waals surface area contributed by atoms with Crippen LogP contribution in [0.15, 0.2) is 42.6 Å². The first kappa shape index (κ1) is 18.2. The summed E-state index contributed by atoms with van der Waals surface area (Å²) in [6.07, 6.45) is -3.23. The molecule has 0 saturated heterocycles. The third kappa shape index (κ3) is 4.94. The van der Waals surface area contributed by atoms with Gasteiger partial charge < -0.3 is 15.2 Å². The van der Waals surface area contributed by atoms with E-state index in [1.54, 1.807) is 0 Å². The number of hydrogen-bond donors (Lipinski definition) is 2. The molecule has 1 unspecified atom stereocenters. The van der Waals surface area contributed by atoms with E-state index in [4.69, 9.17) is 9.84 Å². The largest absolute Gasteiger partial charge is 0.476 e. The van der Waals surface area contributed by atoms with E-state index in [-0.39, 0.29) is 19.3 Å². The second-order valence-corrected chi connectivity index (χ2v) is 5.28. The van der Waals surface area contributed by atoms with Crippen LogP contribution in [0.3, 0.4) is 0 Å². The molecule has 0 bridgehead atoms. The first-order valence-corrected chi connectivity index (χ1v) is 7.50. The minimum Gasteiger partial charge on any atom is -0.476 e. The quantitative estimate of drug-likeness (QED) is 0.759. The molecule has 1 atom stereocenters. The smallest absolute Gasteiger partial charge is 0.421 e. The molecule has 0 aliphatic rings. The summed E-state index contributed by atoms with van der Waals surface area (Å²) < 4.78 is 43.6. The lowest BCUT2D eigenvalue weighted by atomic mass is 10.1. The average Bonchev–Trinajstić information content (AvgIpc) is 2.58. The summed E-state index contributed by atoms with van der Waals surface area (Å²) in [7, 11) is 0. The molecule has 7 heteroatoms. The van der Waals surface area contributed by atoms with Gasteiger partial charge in [-0.15, -0.1) is 0 Å². The third-order valence-electron chi connectivity index (χ3n) is 3.50. The van der Waals surface area contributed by atoms with E-state index in [1.165, 1.54) is 12.3 Å². The van der Waals surface area contributed by atoms with Crippen LogP contribution in [0.2, 0.25) is 0 Å². The Kier molecular flexibility index (Phi) is 6.16. The number of nitrogens with one attached hydrogen (secondary N) is 1. The van der Waals surface area contributed by atoms with Crippen LogP contribution in [0, 0.1) is 0 Å². The SMILES string of the molecule is CC(NCCOc1ncccc1C(F)(F)F)c1cccc(CO)c1. The molecule has 0 spiro atoms. The Morgan fingerprint density at radius 1 is 1.25 bits per heavy atom. The van der Waals surface area contributed by atoms with Crippen LogP contribution in [0.5, 0.6) is 5.88 Å². The van der Waals surface area contributed by atoms with Gasteiger partial charge in [0.2, 0.25) is 5.88 Å². The second-order valence-electron chi connectivity index (χ2n) is 5.28. The van der Waals surface area contributed by atoms with Crippen LogP contribution >= 0.6 is 0 Å². The van der Waals surface area contributed by atoms with E-state index in [0.717, 1.165) is 17.2 Å². The number of pyridine rings is 1. The number of halogens is 3. The monoisotopic (exact) mass is 340 g/mol. The molecule has 0 amide bonds. The van der Waals surface area contributed by atoms with Crippen LogP contribution in [0.25, 0.3) is 0 Å². The van der Waals surface area contributed by atoms with Crippen molar-refractivity contribution in [3.8, 4) is 5.88 Å². The zero-order valence-electron chi connectivity index (χ0n) is 13.2. The van der Waals surface area contributed by atoms with Crippen molar-refractivity contribution < 1.29 is 23.0 Å². The molecule has 0 fully saturated rings. The van der Waals surface area contributed by atoms with Crippen LogP contribution in [-0.4, -0.2) is 23.2 Å². The topological polar surface area (TPSA) is 54.4 Å². The maximum absolute atomic E-state index is 12.8. The molecule has 0 radical (unpaired) electrons. The predicted molar refractivity (Wildman–Crippen MR) is 83.5 cm³/mol. The van der Waals surface area contributed by atoms with Gasteiger partial charge in [0.1, 0.15) is 12.2 Å². The summed E-state index contributed by atoms with van der Waals surface area (Å²) in [6, 6.07) is 9.60. The number of nitrogens with zero attached hydrogens (tertiary/aromatic N) is 1. The van der Waals surface area contributed by atoms with Crippen LogP contribution in [0.4, 0.5) is 13.2 Å². The van der Waals surface area contributed by atoms with Crippen molar-refractivity contribution in [2.45, 2.75) is 25.7 Å². The molecule has 130 valence electrons. The molecule has 0 saturated carbocycles. The number of aliphatic hydroxyl groups is 1. The van der Waals surface area contributed by atoms with E-state index in [2.05, 4.69) is 10.3 Å². The highest BCUT2D eigenvalue weighted by atomic mass is 19.4. The maximum atomic E-state index is 12.8. The van der Waals surface area contributed by atoms with Crippen LogP contribution < -0.4 is 10.1 Å². The summed E-state index contributed by atoms with van der Waals surface area (Å²) in [5.74, 6) is -0.415. The Bertz CT molecular complexity index is 662. The number of benzene rings is 1. The van der Waals surface area contributed by atoms with Crippen LogP contribution in [-0.2, 0) is 12.8 Å². The Labute approximate surface area is 138 Å². The number of rotatable bonds is 7. The molecule has 24 heavy (non-hydrogen) atoms. The summed E-state index contributed by atoms with van der Waals surface area (Å²) in [5.41, 5.74) is 0.907. The van der Waals surface area contributed by atoms with E-state index in [0.29, 0.717) is 6.54 Å². The fraction of sp³-hybridized carbons (Fsp3) is 0.353. The molecule has 1 aromatic carbocycles. The standard InChI is InChI=1S/C17H19F3N2O2/c1-12(14-5-2-4-13(10-14)11-23)21-8-9-24-16-15(17(18,19)20)6-3-7-22-16/h2-7,10,12,21,23H,8-9,11H2,1H3. The summed E-state index contributed by atoms with van der Waals surface area (Å²) in [4.78, 5) is 3.64. The van der Waals surface area contributed by atoms with Gasteiger partial charge in [0.15, 0.2) is 0 Å². The van der Waals surface area contributed by atoms with Gasteiger partial charge in [0, 0.05) is 18.8 Å². The van der Waals surface area contributed by atoms with Gasteiger partial charge in [-0.25, -0.2) is 4.98 Å². The lowest BCUT2D eigenvalue weighted by Crippen LogP contribution is -2.25. The molecule has 2 N–H and O–H groups in total. The maximum Gasteiger partial charge on any atom is 0.421 e. The number of ether oxygens (including phenoxy) is 1. The zero-order chi connectivity index (χ0) is 17.6. The number of alkyl halides is 3. The average molecular weight is 340 g/mol. The van der Waals surface area contributed by atoms with Crippen molar-refractivity contribution in [1.29, 1.82) is 0 Å². The van der Waals surface area contributed by atoms with Crippen molar-refractivity contribution in [1.82, 2.24) is 10.3 Å². The van der Waals surface area contributed by atoms with Crippen molar-refractivity contribution in [3.05, 3.63) is 59.3 Å². The van der Waals surface area contributed by atoms with Crippen molar-refractivity contribution >= 4 is 0 Å². The van der Waals surface area contributed by atoms with Gasteiger partial charge in [-0.3, -0.25) is 0 Å². The van der Waals surface area contributed by atoms with Crippen molar-refractivity contribution in [2.75, 3.05) is 13.2 Å². The molecule has 0 aliphatic heterocycles. The number of hydrogen-bond acceptors (Lipinski definition) is 4. The highest BCUT2D eigenvalue weighted by Gasteiger charge is 2.34. The molecular weight excluding hydrogens is 321 g/mol. The van der Waals surface area contributed by atoms with E-state index >= 15 is 0 Å². The molecular formula is C17H19F3N2O2. The van der Waals surface area contributed by atoms with Crippen molar-refractivity contribution in [2.24, 2.45) is 0 Å². The molecule has 2 aromatic rings. The van der Waals surface area contributed by atoms with Crippen molar-refractivity contribution in [3.63, 3.8) is 0 Å². The predicted octanol–water partition coefficient (Wildman–Crippen LogP) is 3.32. The molecule has 0 aliphatic carbocycles. The molecule has 1 heterocycles. The first-order valence-electron chi connectivity index (χ1n) is 7.50. The zero-order valence-corrected chi connectivity index (χ0v) is 13.2. The minimum atomic E-state index is -4.49. The van der Waals surface area contributed by atoms with Crippen LogP contribution in [0.1, 0.15) is 29.7 Å². The summed E-state index contributed by atoms with van der Waals surface area (Å²) in [6.45, 7) is 2.31. The number of aliphatic hydroxyl groups excluding tert-OH is 1. The summed E-state index contributed by atoms with van der Waals surface area (Å²) in [5, 5.41) is 12.3. The Morgan fingerprint density at radius 2 is 2.04 bits per heavy atom. The van der Waals surface area contributed by atoms with E-state index in [9.17, 15) is 13.2 Å². The Balaban J connectivity index is 1.87. The minimum absolute atomic E-state index is 0.0223. The third-order valence-corrected chi connectivity index (χ3v) is 3.50. The van der Waals surface area contributed by atoms with Gasteiger partial charge in [-0.05, 0) is 30.2 Å². The lowest BCUT2D eigenvalue weighted by molar-refractivity contribution is -0.139. The number of aromatic nitrogens is 1. The van der Waals surface area contributed by atoms with Gasteiger partial charge in [-0.2, -0.15) is 13.2 Å². The summed E-state index contributed by atoms with van der Waals surface area (Å²) >= 11 is 0.